The van der Waals surface area contributed by atoms with E-state index in [1.165, 1.54) is 0 Å². The van der Waals surface area contributed by atoms with Crippen LogP contribution in [-0.2, 0) is 17.8 Å². The molecule has 0 spiro atoms. The number of carbonyl (C=O) groups is 1. The molecule has 0 saturated carbocycles. The monoisotopic (exact) mass is 400 g/mol. The van der Waals surface area contributed by atoms with Crippen molar-refractivity contribution in [2.75, 3.05) is 0 Å². The SMILES string of the molecule is CCCCc1ncc(C(C)=C(C(=O)O)c2nn[nH]n2)n1Cc1ccccc1Cl. The average Bonchev–Trinajstić information content (AvgIpc) is 3.32. The van der Waals surface area contributed by atoms with Crippen molar-refractivity contribution in [1.82, 2.24) is 30.2 Å². The van der Waals surface area contributed by atoms with E-state index in [0.717, 1.165) is 30.7 Å². The Labute approximate surface area is 167 Å². The summed E-state index contributed by atoms with van der Waals surface area (Å²) in [6.07, 6.45) is 4.50. The summed E-state index contributed by atoms with van der Waals surface area (Å²) < 4.78 is 2.01. The molecule has 0 unspecified atom stereocenters. The van der Waals surface area contributed by atoms with E-state index in [9.17, 15) is 9.90 Å². The molecular weight excluding hydrogens is 380 g/mol. The lowest BCUT2D eigenvalue weighted by molar-refractivity contribution is -0.130. The first kappa shape index (κ1) is 19.8. The van der Waals surface area contributed by atoms with Gasteiger partial charge in [0.2, 0.25) is 5.82 Å². The Balaban J connectivity index is 2.12. The number of tetrazole rings is 1. The molecule has 0 fully saturated rings. The summed E-state index contributed by atoms with van der Waals surface area (Å²) >= 11 is 6.35. The number of unbranched alkanes of at least 4 members (excludes halogenated alkanes) is 1. The van der Waals surface area contributed by atoms with Crippen LogP contribution in [0.1, 0.15) is 49.6 Å². The number of carboxylic acid groups (broad SMARTS) is 1. The number of benzene rings is 1. The Morgan fingerprint density at radius 2 is 2.11 bits per heavy atom. The van der Waals surface area contributed by atoms with Crippen LogP contribution in [-0.4, -0.2) is 41.3 Å². The van der Waals surface area contributed by atoms with Gasteiger partial charge in [0.25, 0.3) is 0 Å². The van der Waals surface area contributed by atoms with E-state index in [1.807, 2.05) is 28.8 Å². The van der Waals surface area contributed by atoms with Gasteiger partial charge in [-0.1, -0.05) is 43.1 Å². The van der Waals surface area contributed by atoms with Crippen LogP contribution in [0, 0.1) is 0 Å². The van der Waals surface area contributed by atoms with Crippen molar-refractivity contribution >= 4 is 28.7 Å². The quantitative estimate of drug-likeness (QED) is 0.560. The molecule has 0 aliphatic carbocycles. The van der Waals surface area contributed by atoms with Gasteiger partial charge in [-0.05, 0) is 35.8 Å². The average molecular weight is 401 g/mol. The van der Waals surface area contributed by atoms with Gasteiger partial charge in [-0.2, -0.15) is 5.21 Å². The molecule has 0 atom stereocenters. The van der Waals surface area contributed by atoms with Crippen LogP contribution < -0.4 is 0 Å². The van der Waals surface area contributed by atoms with Gasteiger partial charge in [0.05, 0.1) is 18.4 Å². The number of allylic oxidation sites excluding steroid dienone is 1. The number of hydrogen-bond acceptors (Lipinski definition) is 5. The Morgan fingerprint density at radius 3 is 2.75 bits per heavy atom. The van der Waals surface area contributed by atoms with Crippen LogP contribution in [0.4, 0.5) is 0 Å². The van der Waals surface area contributed by atoms with Gasteiger partial charge in [-0.25, -0.2) is 9.78 Å². The fourth-order valence-electron chi connectivity index (χ4n) is 3.04. The minimum absolute atomic E-state index is 0.0175. The van der Waals surface area contributed by atoms with E-state index >= 15 is 0 Å². The predicted octanol–water partition coefficient (Wildman–Crippen LogP) is 3.46. The van der Waals surface area contributed by atoms with Crippen LogP contribution in [0.2, 0.25) is 5.02 Å². The summed E-state index contributed by atoms with van der Waals surface area (Å²) in [6, 6.07) is 7.59. The van der Waals surface area contributed by atoms with Crippen LogP contribution in [0.5, 0.6) is 0 Å². The number of aromatic nitrogens is 6. The number of H-pyrrole nitrogens is 1. The Kier molecular flexibility index (Phi) is 6.20. The normalized spacial score (nSPS) is 12.1. The van der Waals surface area contributed by atoms with Crippen molar-refractivity contribution in [2.24, 2.45) is 0 Å². The highest BCUT2D eigenvalue weighted by molar-refractivity contribution is 6.31. The largest absolute Gasteiger partial charge is 0.478 e. The van der Waals surface area contributed by atoms with E-state index in [0.29, 0.717) is 22.8 Å². The Bertz CT molecular complexity index is 994. The second-order valence-corrected chi connectivity index (χ2v) is 6.79. The first-order chi connectivity index (χ1) is 13.5. The van der Waals surface area contributed by atoms with Crippen molar-refractivity contribution < 1.29 is 9.90 Å². The van der Waals surface area contributed by atoms with Crippen LogP contribution >= 0.6 is 11.6 Å². The maximum Gasteiger partial charge on any atom is 0.340 e. The van der Waals surface area contributed by atoms with Gasteiger partial charge in [0, 0.05) is 11.4 Å². The molecule has 3 aromatic rings. The van der Waals surface area contributed by atoms with Crippen LogP contribution in [0.25, 0.3) is 11.1 Å². The highest BCUT2D eigenvalue weighted by Crippen LogP contribution is 2.27. The number of hydrogen-bond donors (Lipinski definition) is 2. The smallest absolute Gasteiger partial charge is 0.340 e. The summed E-state index contributed by atoms with van der Waals surface area (Å²) in [5.41, 5.74) is 2.12. The molecule has 2 aromatic heterocycles. The third-order valence-corrected chi connectivity index (χ3v) is 4.89. The zero-order valence-corrected chi connectivity index (χ0v) is 16.4. The van der Waals surface area contributed by atoms with Gasteiger partial charge >= 0.3 is 5.97 Å². The third kappa shape index (κ3) is 4.12. The third-order valence-electron chi connectivity index (χ3n) is 4.52. The summed E-state index contributed by atoms with van der Waals surface area (Å²) in [6.45, 7) is 4.33. The number of aromatic amines is 1. The Hall–Kier alpha value is -3.00. The number of rotatable bonds is 8. The van der Waals surface area contributed by atoms with Crippen molar-refractivity contribution in [3.8, 4) is 0 Å². The molecule has 28 heavy (non-hydrogen) atoms. The number of aliphatic carboxylic acids is 1. The van der Waals surface area contributed by atoms with Crippen molar-refractivity contribution in [2.45, 2.75) is 39.7 Å². The van der Waals surface area contributed by atoms with Crippen molar-refractivity contribution in [1.29, 1.82) is 0 Å². The maximum atomic E-state index is 11.9. The van der Waals surface area contributed by atoms with Gasteiger partial charge in [0.15, 0.2) is 0 Å². The second-order valence-electron chi connectivity index (χ2n) is 6.38. The standard InChI is InChI=1S/C19H21ClN6O2/c1-3-4-9-16-21-10-15(26(16)11-13-7-5-6-8-14(13)20)12(2)17(19(27)28)18-22-24-25-23-18/h5-8,10H,3-4,9,11H2,1-2H3,(H,27,28)(H,22,23,24,25). The van der Waals surface area contributed by atoms with E-state index < -0.39 is 5.97 Å². The van der Waals surface area contributed by atoms with Gasteiger partial charge < -0.3 is 9.67 Å². The minimum atomic E-state index is -1.13. The van der Waals surface area contributed by atoms with Crippen molar-refractivity contribution in [3.63, 3.8) is 0 Å². The van der Waals surface area contributed by atoms with E-state index in [-0.39, 0.29) is 11.4 Å². The lowest BCUT2D eigenvalue weighted by Gasteiger charge is -2.14. The van der Waals surface area contributed by atoms with Gasteiger partial charge in [-0.3, -0.25) is 0 Å². The molecule has 8 nitrogen and oxygen atoms in total. The summed E-state index contributed by atoms with van der Waals surface area (Å²) in [7, 11) is 0. The molecule has 0 radical (unpaired) electrons. The first-order valence-electron chi connectivity index (χ1n) is 8.99. The van der Waals surface area contributed by atoms with E-state index in [2.05, 4.69) is 32.5 Å². The summed E-state index contributed by atoms with van der Waals surface area (Å²) in [5, 5.41) is 23.8. The first-order valence-corrected chi connectivity index (χ1v) is 9.36. The molecule has 9 heteroatoms. The fourth-order valence-corrected chi connectivity index (χ4v) is 3.24. The molecule has 0 aliphatic rings. The fraction of sp³-hybridized carbons (Fsp3) is 0.316. The number of imidazole rings is 1. The minimum Gasteiger partial charge on any atom is -0.478 e. The van der Waals surface area contributed by atoms with Crippen LogP contribution in [0.3, 0.4) is 0 Å². The van der Waals surface area contributed by atoms with E-state index in [4.69, 9.17) is 11.6 Å². The number of nitrogens with zero attached hydrogens (tertiary/aromatic N) is 5. The highest BCUT2D eigenvalue weighted by Gasteiger charge is 2.23. The zero-order chi connectivity index (χ0) is 20.1. The number of nitrogens with one attached hydrogen (secondary N) is 1. The summed E-state index contributed by atoms with van der Waals surface area (Å²) in [4.78, 5) is 16.4. The Morgan fingerprint density at radius 1 is 1.32 bits per heavy atom. The molecule has 0 aliphatic heterocycles. The van der Waals surface area contributed by atoms with Gasteiger partial charge in [0.1, 0.15) is 11.4 Å². The van der Waals surface area contributed by atoms with Gasteiger partial charge in [-0.15, -0.1) is 10.2 Å². The molecule has 0 amide bonds. The number of halogens is 1. The molecule has 0 bridgehead atoms. The highest BCUT2D eigenvalue weighted by atomic mass is 35.5. The summed E-state index contributed by atoms with van der Waals surface area (Å²) in [5.74, 6) is -0.209. The second kappa shape index (κ2) is 8.79. The molecule has 0 saturated heterocycles. The molecule has 2 heterocycles. The predicted molar refractivity (Wildman–Crippen MR) is 106 cm³/mol. The van der Waals surface area contributed by atoms with Crippen molar-refractivity contribution in [3.05, 3.63) is 58.4 Å². The lowest BCUT2D eigenvalue weighted by Crippen LogP contribution is -2.11. The zero-order valence-electron chi connectivity index (χ0n) is 15.7. The topological polar surface area (TPSA) is 110 Å². The molecule has 1 aromatic carbocycles. The lowest BCUT2D eigenvalue weighted by atomic mass is 10.1. The maximum absolute atomic E-state index is 11.9. The molecule has 3 rings (SSSR count). The number of carboxylic acids is 1. The molecule has 2 N–H and O–H groups in total. The van der Waals surface area contributed by atoms with Crippen LogP contribution in [0.15, 0.2) is 30.5 Å². The molecular formula is C19H21ClN6O2. The molecule has 146 valence electrons. The number of aryl methyl sites for hydroxylation is 1. The van der Waals surface area contributed by atoms with E-state index in [1.54, 1.807) is 13.1 Å².